The summed E-state index contributed by atoms with van der Waals surface area (Å²) in [5.74, 6) is -0.902. The lowest BCUT2D eigenvalue weighted by Gasteiger charge is -2.29. The highest BCUT2D eigenvalue weighted by Crippen LogP contribution is 2.31. The van der Waals surface area contributed by atoms with Gasteiger partial charge in [0.1, 0.15) is 0 Å². The van der Waals surface area contributed by atoms with Gasteiger partial charge in [0.05, 0.1) is 12.3 Å². The molecule has 1 saturated heterocycles. The Hall–Kier alpha value is -2.84. The van der Waals surface area contributed by atoms with Crippen LogP contribution < -0.4 is 0 Å². The largest absolute Gasteiger partial charge is 0.481 e. The zero-order valence-electron chi connectivity index (χ0n) is 16.1. The highest BCUT2D eigenvalue weighted by atomic mass is 16.4. The number of nitrogens with zero attached hydrogens (tertiary/aromatic N) is 5. The molecule has 2 aromatic heterocycles. The van der Waals surface area contributed by atoms with Gasteiger partial charge in [0.2, 0.25) is 0 Å². The molecule has 0 bridgehead atoms. The van der Waals surface area contributed by atoms with Gasteiger partial charge in [-0.25, -0.2) is 0 Å². The highest BCUT2D eigenvalue weighted by Gasteiger charge is 2.32. The number of tetrazole rings is 1. The monoisotopic (exact) mass is 385 g/mol. The second-order valence-corrected chi connectivity index (χ2v) is 7.34. The van der Waals surface area contributed by atoms with E-state index in [-0.39, 0.29) is 5.92 Å². The molecule has 2 atom stereocenters. The first kappa shape index (κ1) is 19.9. The zero-order valence-corrected chi connectivity index (χ0v) is 16.1. The highest BCUT2D eigenvalue weighted by molar-refractivity contribution is 5.71. The number of aromatic amines is 1. The van der Waals surface area contributed by atoms with Gasteiger partial charge in [-0.05, 0) is 37.3 Å². The van der Waals surface area contributed by atoms with Crippen molar-refractivity contribution in [1.29, 1.82) is 5.41 Å². The average Bonchev–Trinajstić information content (AvgIpc) is 3.25. The van der Waals surface area contributed by atoms with Crippen LogP contribution in [0.5, 0.6) is 0 Å². The summed E-state index contributed by atoms with van der Waals surface area (Å²) in [6.07, 6.45) is 7.07. The number of aliphatic carboxylic acids is 1. The minimum Gasteiger partial charge on any atom is -0.481 e. The number of carboxylic acid groups (broad SMARTS) is 1. The van der Waals surface area contributed by atoms with Gasteiger partial charge in [0, 0.05) is 36.8 Å². The molecule has 9 heteroatoms. The third-order valence-corrected chi connectivity index (χ3v) is 5.53. The van der Waals surface area contributed by atoms with E-state index in [1.54, 1.807) is 0 Å². The van der Waals surface area contributed by atoms with E-state index in [1.807, 2.05) is 30.2 Å². The molecule has 0 radical (unpaired) electrons. The summed E-state index contributed by atoms with van der Waals surface area (Å²) in [6, 6.07) is 4.08. The third kappa shape index (κ3) is 4.71. The van der Waals surface area contributed by atoms with Crippen molar-refractivity contribution < 1.29 is 9.90 Å². The SMILES string of the molecule is CCCC(C(=O)O)C(Cc1ccc(C2CCN(C=N)CC2)nc1)c1nn[nH]n1. The summed E-state index contributed by atoms with van der Waals surface area (Å²) in [7, 11) is 0. The van der Waals surface area contributed by atoms with Crippen molar-refractivity contribution in [3.05, 3.63) is 35.4 Å². The van der Waals surface area contributed by atoms with E-state index in [0.717, 1.165) is 43.6 Å². The van der Waals surface area contributed by atoms with Gasteiger partial charge in [-0.15, -0.1) is 10.2 Å². The van der Waals surface area contributed by atoms with E-state index in [2.05, 4.69) is 25.6 Å². The fourth-order valence-electron chi connectivity index (χ4n) is 3.92. The molecular weight excluding hydrogens is 358 g/mol. The fraction of sp³-hybridized carbons (Fsp3) is 0.579. The second-order valence-electron chi connectivity index (χ2n) is 7.34. The molecule has 3 rings (SSSR count). The van der Waals surface area contributed by atoms with Gasteiger partial charge < -0.3 is 10.0 Å². The van der Waals surface area contributed by atoms with Gasteiger partial charge in [-0.2, -0.15) is 5.21 Å². The summed E-state index contributed by atoms with van der Waals surface area (Å²) in [4.78, 5) is 18.5. The van der Waals surface area contributed by atoms with Crippen LogP contribution >= 0.6 is 0 Å². The number of carboxylic acids is 1. The van der Waals surface area contributed by atoms with Crippen LogP contribution in [0.25, 0.3) is 0 Å². The summed E-state index contributed by atoms with van der Waals surface area (Å²) in [5, 5.41) is 31.2. The molecule has 1 aliphatic heterocycles. The molecule has 2 aromatic rings. The maximum atomic E-state index is 11.8. The number of rotatable bonds is 9. The maximum Gasteiger partial charge on any atom is 0.307 e. The Balaban J connectivity index is 1.72. The lowest BCUT2D eigenvalue weighted by molar-refractivity contribution is -0.142. The molecule has 150 valence electrons. The summed E-state index contributed by atoms with van der Waals surface area (Å²) in [6.45, 7) is 3.74. The molecular formula is C19H27N7O2. The van der Waals surface area contributed by atoms with Crippen molar-refractivity contribution >= 4 is 12.3 Å². The van der Waals surface area contributed by atoms with Crippen molar-refractivity contribution in [3.8, 4) is 0 Å². The maximum absolute atomic E-state index is 11.8. The molecule has 0 amide bonds. The van der Waals surface area contributed by atoms with E-state index in [0.29, 0.717) is 24.6 Å². The minimum absolute atomic E-state index is 0.348. The predicted octanol–water partition coefficient (Wildman–Crippen LogP) is 2.21. The Morgan fingerprint density at radius 1 is 1.43 bits per heavy atom. The third-order valence-electron chi connectivity index (χ3n) is 5.53. The van der Waals surface area contributed by atoms with Gasteiger partial charge >= 0.3 is 5.97 Å². The molecule has 9 nitrogen and oxygen atoms in total. The van der Waals surface area contributed by atoms with Crippen LogP contribution in [0.3, 0.4) is 0 Å². The molecule has 0 aliphatic carbocycles. The van der Waals surface area contributed by atoms with Crippen molar-refractivity contribution in [3.63, 3.8) is 0 Å². The zero-order chi connectivity index (χ0) is 19.9. The number of piperidine rings is 1. The molecule has 2 unspecified atom stereocenters. The molecule has 0 spiro atoms. The van der Waals surface area contributed by atoms with Crippen molar-refractivity contribution in [2.24, 2.45) is 5.92 Å². The van der Waals surface area contributed by atoms with Crippen molar-refractivity contribution in [2.75, 3.05) is 13.1 Å². The Labute approximate surface area is 164 Å². The number of likely N-dealkylation sites (tertiary alicyclic amines) is 1. The average molecular weight is 385 g/mol. The second kappa shape index (κ2) is 9.38. The first-order valence-electron chi connectivity index (χ1n) is 9.78. The van der Waals surface area contributed by atoms with Gasteiger partial charge in [0.25, 0.3) is 0 Å². The molecule has 1 aliphatic rings. The summed E-state index contributed by atoms with van der Waals surface area (Å²) in [5.41, 5.74) is 2.03. The normalized spacial score (nSPS) is 17.2. The molecule has 28 heavy (non-hydrogen) atoms. The number of H-pyrrole nitrogens is 1. The first-order valence-corrected chi connectivity index (χ1v) is 9.78. The van der Waals surface area contributed by atoms with E-state index < -0.39 is 11.9 Å². The standard InChI is InChI=1S/C19H27N7O2/c1-2-3-15(19(27)28)16(18-22-24-25-23-18)10-13-4-5-17(21-11-13)14-6-8-26(12-20)9-7-14/h4-5,11-12,14-16,20H,2-3,6-10H2,1H3,(H,27,28)(H,22,23,24,25). The van der Waals surface area contributed by atoms with E-state index in [4.69, 9.17) is 5.41 Å². The van der Waals surface area contributed by atoms with Crippen LogP contribution in [0, 0.1) is 11.3 Å². The predicted molar refractivity (Wildman–Crippen MR) is 103 cm³/mol. The Morgan fingerprint density at radius 3 is 2.75 bits per heavy atom. The molecule has 0 saturated carbocycles. The quantitative estimate of drug-likeness (QED) is 0.445. The molecule has 0 aromatic carbocycles. The number of hydrogen-bond donors (Lipinski definition) is 3. The molecule has 3 heterocycles. The number of pyridine rings is 1. The topological polar surface area (TPSA) is 132 Å². The van der Waals surface area contributed by atoms with Gasteiger partial charge in [0.15, 0.2) is 5.82 Å². The van der Waals surface area contributed by atoms with Crippen LogP contribution in [0.1, 0.15) is 61.5 Å². The number of nitrogens with one attached hydrogen (secondary N) is 2. The van der Waals surface area contributed by atoms with E-state index in [9.17, 15) is 9.90 Å². The Bertz CT molecular complexity index is 755. The lowest BCUT2D eigenvalue weighted by Crippen LogP contribution is -2.31. The Kier molecular flexibility index (Phi) is 6.67. The van der Waals surface area contributed by atoms with Gasteiger partial charge in [-0.3, -0.25) is 15.2 Å². The summed E-state index contributed by atoms with van der Waals surface area (Å²) < 4.78 is 0. The van der Waals surface area contributed by atoms with E-state index >= 15 is 0 Å². The van der Waals surface area contributed by atoms with Crippen LogP contribution in [-0.2, 0) is 11.2 Å². The number of hydrogen-bond acceptors (Lipinski definition) is 6. The van der Waals surface area contributed by atoms with Crippen LogP contribution in [-0.4, -0.2) is 61.0 Å². The lowest BCUT2D eigenvalue weighted by atomic mass is 9.83. The number of carbonyl (C=O) groups is 1. The molecule has 1 fully saturated rings. The van der Waals surface area contributed by atoms with Crippen LogP contribution in [0.15, 0.2) is 18.3 Å². The first-order chi connectivity index (χ1) is 13.6. The Morgan fingerprint density at radius 2 is 2.21 bits per heavy atom. The van der Waals surface area contributed by atoms with Crippen LogP contribution in [0.4, 0.5) is 0 Å². The van der Waals surface area contributed by atoms with Crippen LogP contribution in [0.2, 0.25) is 0 Å². The minimum atomic E-state index is -0.834. The number of aromatic nitrogens is 5. The molecule has 3 N–H and O–H groups in total. The van der Waals surface area contributed by atoms with Crippen molar-refractivity contribution in [2.45, 2.75) is 50.9 Å². The fourth-order valence-corrected chi connectivity index (χ4v) is 3.92. The van der Waals surface area contributed by atoms with E-state index in [1.165, 1.54) is 6.34 Å². The smallest absolute Gasteiger partial charge is 0.307 e. The van der Waals surface area contributed by atoms with Crippen molar-refractivity contribution in [1.82, 2.24) is 30.5 Å². The van der Waals surface area contributed by atoms with Gasteiger partial charge in [-0.1, -0.05) is 24.6 Å². The summed E-state index contributed by atoms with van der Waals surface area (Å²) >= 11 is 0.